The van der Waals surface area contributed by atoms with Gasteiger partial charge in [0, 0.05) is 49.1 Å². The molecule has 5 rings (SSSR count). The normalized spacial score (nSPS) is 17.8. The lowest BCUT2D eigenvalue weighted by atomic mass is 10.1. The Morgan fingerprint density at radius 2 is 1.56 bits per heavy atom. The summed E-state index contributed by atoms with van der Waals surface area (Å²) in [6, 6.07) is 20.5. The number of piperazine rings is 1. The van der Waals surface area contributed by atoms with E-state index in [0.29, 0.717) is 28.1 Å². The van der Waals surface area contributed by atoms with Gasteiger partial charge in [0.05, 0.1) is 12.1 Å². The second-order valence-electron chi connectivity index (χ2n) is 10.4. The van der Waals surface area contributed by atoms with Gasteiger partial charge < -0.3 is 15.1 Å². The Morgan fingerprint density at radius 1 is 0.927 bits per heavy atom. The Kier molecular flexibility index (Phi) is 9.17. The molecule has 2 heterocycles. The van der Waals surface area contributed by atoms with Crippen molar-refractivity contribution in [3.63, 3.8) is 0 Å². The number of amides is 2. The number of hydrogen-bond acceptors (Lipinski definition) is 5. The molecule has 0 bridgehead atoms. The van der Waals surface area contributed by atoms with Crippen LogP contribution in [-0.4, -0.2) is 72.0 Å². The molecule has 3 aromatic rings. The molecule has 7 nitrogen and oxygen atoms in total. The van der Waals surface area contributed by atoms with Crippen LogP contribution in [0, 0.1) is 12.7 Å². The maximum absolute atomic E-state index is 13.7. The van der Waals surface area contributed by atoms with Crippen LogP contribution in [0.3, 0.4) is 0 Å². The molecule has 2 saturated heterocycles. The minimum Gasteiger partial charge on any atom is -0.369 e. The van der Waals surface area contributed by atoms with E-state index in [1.807, 2.05) is 48.2 Å². The number of aryl methyl sites for hydroxylation is 1. The third kappa shape index (κ3) is 7.04. The van der Waals surface area contributed by atoms with E-state index in [2.05, 4.69) is 15.1 Å². The number of nitrogens with zero attached hydrogens (tertiary/aromatic N) is 4. The summed E-state index contributed by atoms with van der Waals surface area (Å²) in [4.78, 5) is 34.8. The summed E-state index contributed by atoms with van der Waals surface area (Å²) in [6.07, 6.45) is 0.779. The Hall–Kier alpha value is -3.53. The van der Waals surface area contributed by atoms with E-state index in [1.54, 1.807) is 29.2 Å². The zero-order valence-electron chi connectivity index (χ0n) is 22.9. The highest BCUT2D eigenvalue weighted by atomic mass is 35.5. The summed E-state index contributed by atoms with van der Waals surface area (Å²) in [6.45, 7) is 6.90. The molecule has 2 aliphatic heterocycles. The van der Waals surface area contributed by atoms with Crippen molar-refractivity contribution in [3.05, 3.63) is 89.2 Å². The number of halogens is 2. The fourth-order valence-corrected chi connectivity index (χ4v) is 5.83. The highest BCUT2D eigenvalue weighted by Crippen LogP contribution is 2.28. The number of hydrogen-bond donors (Lipinski definition) is 1. The Bertz CT molecular complexity index is 1380. The highest BCUT2D eigenvalue weighted by molar-refractivity contribution is 7.80. The van der Waals surface area contributed by atoms with Crippen LogP contribution >= 0.6 is 23.8 Å². The molecule has 1 atom stereocenters. The molecular weight excluding hydrogens is 561 g/mol. The van der Waals surface area contributed by atoms with Crippen LogP contribution in [0.15, 0.2) is 72.8 Å². The number of benzene rings is 3. The molecule has 0 saturated carbocycles. The minimum atomic E-state index is -0.688. The fraction of sp³-hybridized carbons (Fsp3) is 0.323. The van der Waals surface area contributed by atoms with E-state index in [0.717, 1.165) is 50.4 Å². The molecule has 0 aliphatic carbocycles. The van der Waals surface area contributed by atoms with Gasteiger partial charge in [0.1, 0.15) is 11.9 Å². The molecular formula is C31H33ClFN5O2S. The van der Waals surface area contributed by atoms with Crippen LogP contribution < -0.4 is 15.1 Å². The van der Waals surface area contributed by atoms with Crippen LogP contribution in [-0.2, 0) is 9.59 Å². The van der Waals surface area contributed by atoms with E-state index in [1.165, 1.54) is 12.1 Å². The van der Waals surface area contributed by atoms with Crippen molar-refractivity contribution in [3.8, 4) is 0 Å². The van der Waals surface area contributed by atoms with E-state index < -0.39 is 6.04 Å². The molecule has 2 amide bonds. The van der Waals surface area contributed by atoms with Crippen molar-refractivity contribution in [2.45, 2.75) is 25.8 Å². The average molecular weight is 594 g/mol. The molecule has 41 heavy (non-hydrogen) atoms. The summed E-state index contributed by atoms with van der Waals surface area (Å²) in [5.41, 5.74) is 3.44. The van der Waals surface area contributed by atoms with Crippen molar-refractivity contribution >= 4 is 57.8 Å². The first-order valence-electron chi connectivity index (χ1n) is 13.8. The van der Waals surface area contributed by atoms with Crippen LogP contribution in [0.1, 0.15) is 18.4 Å². The lowest BCUT2D eigenvalue weighted by Crippen LogP contribution is -2.47. The van der Waals surface area contributed by atoms with Gasteiger partial charge in [0.2, 0.25) is 5.91 Å². The van der Waals surface area contributed by atoms with Crippen molar-refractivity contribution in [1.82, 2.24) is 9.80 Å². The largest absolute Gasteiger partial charge is 0.369 e. The van der Waals surface area contributed by atoms with Gasteiger partial charge in [0.15, 0.2) is 5.11 Å². The molecule has 0 radical (unpaired) electrons. The molecule has 0 spiro atoms. The molecule has 0 unspecified atom stereocenters. The molecule has 1 N–H and O–H groups in total. The van der Waals surface area contributed by atoms with Crippen molar-refractivity contribution < 1.29 is 14.0 Å². The predicted octanol–water partition coefficient (Wildman–Crippen LogP) is 5.33. The van der Waals surface area contributed by atoms with Gasteiger partial charge in [-0.1, -0.05) is 29.3 Å². The minimum absolute atomic E-state index is 0.0136. The van der Waals surface area contributed by atoms with Crippen molar-refractivity contribution in [2.24, 2.45) is 0 Å². The first-order chi connectivity index (χ1) is 19.8. The van der Waals surface area contributed by atoms with Gasteiger partial charge in [-0.2, -0.15) is 0 Å². The third-order valence-electron chi connectivity index (χ3n) is 7.55. The number of thiocarbonyl (C=S) groups is 1. The zero-order chi connectivity index (χ0) is 28.9. The van der Waals surface area contributed by atoms with Gasteiger partial charge in [-0.25, -0.2) is 4.39 Å². The zero-order valence-corrected chi connectivity index (χ0v) is 24.5. The maximum Gasteiger partial charge on any atom is 0.256 e. The van der Waals surface area contributed by atoms with E-state index in [-0.39, 0.29) is 24.1 Å². The highest BCUT2D eigenvalue weighted by Gasteiger charge is 2.43. The standard InChI is InChI=1S/C31H33ClFN5O2S/c1-22-3-11-27(12-4-22)38-30(40)28(21-29(39)34-25-9-5-23(32)6-10-25)37(31(38)41)16-2-15-35-17-19-36(20-18-35)26-13-7-24(33)8-14-26/h3-14,28H,2,15-21H2,1H3,(H,34,39)/t28-/m0/s1. The van der Waals surface area contributed by atoms with Crippen LogP contribution in [0.25, 0.3) is 0 Å². The molecule has 3 aromatic carbocycles. The molecule has 2 aliphatic rings. The lowest BCUT2D eigenvalue weighted by Gasteiger charge is -2.36. The van der Waals surface area contributed by atoms with E-state index >= 15 is 0 Å². The summed E-state index contributed by atoms with van der Waals surface area (Å²) in [5, 5.41) is 3.87. The fourth-order valence-electron chi connectivity index (χ4n) is 5.29. The maximum atomic E-state index is 13.7. The SMILES string of the molecule is Cc1ccc(N2C(=O)[C@H](CC(=O)Nc3ccc(Cl)cc3)N(CCCN3CCN(c4ccc(F)cc4)CC3)C2=S)cc1. The smallest absolute Gasteiger partial charge is 0.256 e. The lowest BCUT2D eigenvalue weighted by molar-refractivity contribution is -0.124. The number of nitrogens with one attached hydrogen (secondary N) is 1. The van der Waals surface area contributed by atoms with E-state index in [9.17, 15) is 14.0 Å². The van der Waals surface area contributed by atoms with Gasteiger partial charge >= 0.3 is 0 Å². The first kappa shape index (κ1) is 29.0. The quantitative estimate of drug-likeness (QED) is 0.339. The van der Waals surface area contributed by atoms with Crippen molar-refractivity contribution in [2.75, 3.05) is 54.4 Å². The average Bonchev–Trinajstić information content (AvgIpc) is 3.19. The number of carbonyl (C=O) groups excluding carboxylic acids is 2. The second kappa shape index (κ2) is 13.0. The number of rotatable bonds is 9. The summed E-state index contributed by atoms with van der Waals surface area (Å²) < 4.78 is 13.3. The van der Waals surface area contributed by atoms with Crippen LogP contribution in [0.4, 0.5) is 21.5 Å². The monoisotopic (exact) mass is 593 g/mol. The van der Waals surface area contributed by atoms with E-state index in [4.69, 9.17) is 23.8 Å². The van der Waals surface area contributed by atoms with Gasteiger partial charge in [0.25, 0.3) is 5.91 Å². The third-order valence-corrected chi connectivity index (χ3v) is 8.22. The Morgan fingerprint density at radius 3 is 2.22 bits per heavy atom. The predicted molar refractivity (Wildman–Crippen MR) is 166 cm³/mol. The number of anilines is 3. The van der Waals surface area contributed by atoms with Gasteiger partial charge in [-0.15, -0.1) is 0 Å². The molecule has 214 valence electrons. The first-order valence-corrected chi connectivity index (χ1v) is 14.6. The molecule has 2 fully saturated rings. The van der Waals surface area contributed by atoms with Crippen LogP contribution in [0.2, 0.25) is 5.02 Å². The Labute approximate surface area is 250 Å². The van der Waals surface area contributed by atoms with Crippen LogP contribution in [0.5, 0.6) is 0 Å². The Balaban J connectivity index is 1.22. The second-order valence-corrected chi connectivity index (χ2v) is 11.2. The summed E-state index contributed by atoms with van der Waals surface area (Å²) in [7, 11) is 0. The molecule has 10 heteroatoms. The summed E-state index contributed by atoms with van der Waals surface area (Å²) in [5.74, 6) is -0.688. The topological polar surface area (TPSA) is 59.1 Å². The van der Waals surface area contributed by atoms with Gasteiger partial charge in [-0.05, 0) is 92.8 Å². The summed E-state index contributed by atoms with van der Waals surface area (Å²) >= 11 is 11.8. The van der Waals surface area contributed by atoms with Gasteiger partial charge in [-0.3, -0.25) is 19.4 Å². The number of carbonyl (C=O) groups is 2. The van der Waals surface area contributed by atoms with Crippen molar-refractivity contribution in [1.29, 1.82) is 0 Å². The molecule has 0 aromatic heterocycles.